The molecular weight excluding hydrogens is 718 g/mol. The lowest BCUT2D eigenvalue weighted by Gasteiger charge is -2.35. The van der Waals surface area contributed by atoms with Gasteiger partial charge in [0.25, 0.3) is 0 Å². The van der Waals surface area contributed by atoms with Gasteiger partial charge < -0.3 is 18.6 Å². The highest BCUT2D eigenvalue weighted by atomic mass is 31.2. The van der Waals surface area contributed by atoms with Gasteiger partial charge in [0.05, 0.1) is 21.6 Å². The standard InChI is InChI=1S/C52H38NO3P/c1-3-33-13-5-7-15-40(33)36-23-27-50-46(29-36)55-48-31-38(35-21-25-39(26-22-35)53-44-19-11-9-17-42(44)43-18-10-12-20-45(43)53)32-49-52(48)57(50,54)51-28-24-37(30-47(51)56-49)41-16-8-6-14-34(41)4-2/h5-32H,3-4H2,1-2H3. The second kappa shape index (κ2) is 13.0. The Kier molecular flexibility index (Phi) is 7.68. The van der Waals surface area contributed by atoms with Crippen molar-refractivity contribution in [2.75, 3.05) is 0 Å². The van der Waals surface area contributed by atoms with Gasteiger partial charge in [-0.15, -0.1) is 0 Å². The normalized spacial score (nSPS) is 13.4. The summed E-state index contributed by atoms with van der Waals surface area (Å²) in [5.74, 6) is 2.37. The van der Waals surface area contributed by atoms with Crippen LogP contribution >= 0.6 is 7.14 Å². The van der Waals surface area contributed by atoms with E-state index in [0.717, 1.165) is 51.9 Å². The van der Waals surface area contributed by atoms with Crippen molar-refractivity contribution in [3.63, 3.8) is 0 Å². The average molecular weight is 756 g/mol. The molecule has 274 valence electrons. The Hall–Kier alpha value is -6.61. The highest BCUT2D eigenvalue weighted by Crippen LogP contribution is 2.59. The molecule has 11 rings (SSSR count). The van der Waals surface area contributed by atoms with Crippen LogP contribution in [-0.2, 0) is 17.4 Å². The zero-order chi connectivity index (χ0) is 38.3. The number of para-hydroxylation sites is 2. The molecule has 57 heavy (non-hydrogen) atoms. The minimum absolute atomic E-state index is 0.566. The predicted molar refractivity (Wildman–Crippen MR) is 235 cm³/mol. The summed E-state index contributed by atoms with van der Waals surface area (Å²) >= 11 is 0. The molecule has 0 amide bonds. The van der Waals surface area contributed by atoms with Gasteiger partial charge in [-0.05, 0) is 118 Å². The molecule has 0 radical (unpaired) electrons. The summed E-state index contributed by atoms with van der Waals surface area (Å²) < 4.78 is 32.2. The molecule has 0 N–H and O–H groups in total. The molecule has 0 unspecified atom stereocenters. The fourth-order valence-corrected chi connectivity index (χ4v) is 12.1. The first-order chi connectivity index (χ1) is 28.0. The van der Waals surface area contributed by atoms with Crippen LogP contribution in [0.4, 0.5) is 0 Å². The second-order valence-corrected chi connectivity index (χ2v) is 17.6. The Labute approximate surface area is 332 Å². The fraction of sp³-hybridized carbons (Fsp3) is 0.0769. The van der Waals surface area contributed by atoms with Gasteiger partial charge in [-0.3, -0.25) is 0 Å². The Bertz CT molecular complexity index is 2960. The van der Waals surface area contributed by atoms with E-state index in [1.54, 1.807) is 0 Å². The summed E-state index contributed by atoms with van der Waals surface area (Å²) in [5, 5.41) is 4.48. The van der Waals surface area contributed by atoms with E-state index in [-0.39, 0.29) is 0 Å². The number of aromatic nitrogens is 1. The summed E-state index contributed by atoms with van der Waals surface area (Å²) in [6.45, 7) is 4.35. The number of hydrogen-bond acceptors (Lipinski definition) is 3. The van der Waals surface area contributed by atoms with Gasteiger partial charge in [0.2, 0.25) is 0 Å². The molecule has 9 aromatic rings. The fourth-order valence-electron chi connectivity index (χ4n) is 9.09. The molecule has 2 aliphatic heterocycles. The topological polar surface area (TPSA) is 40.5 Å². The highest BCUT2D eigenvalue weighted by molar-refractivity contribution is 7.86. The maximum Gasteiger partial charge on any atom is 0.185 e. The van der Waals surface area contributed by atoms with Crippen molar-refractivity contribution in [1.29, 1.82) is 0 Å². The Morgan fingerprint density at radius 1 is 0.456 bits per heavy atom. The molecule has 0 spiro atoms. The zero-order valence-corrected chi connectivity index (χ0v) is 32.6. The van der Waals surface area contributed by atoms with Crippen LogP contribution in [-0.4, -0.2) is 4.57 Å². The third-order valence-corrected chi connectivity index (χ3v) is 15.0. The molecule has 3 heterocycles. The molecule has 0 fully saturated rings. The molecular formula is C52H38NO3P. The van der Waals surface area contributed by atoms with Gasteiger partial charge in [-0.2, -0.15) is 0 Å². The van der Waals surface area contributed by atoms with E-state index in [1.807, 2.05) is 24.3 Å². The highest BCUT2D eigenvalue weighted by Gasteiger charge is 2.47. The molecule has 8 aromatic carbocycles. The van der Waals surface area contributed by atoms with Crippen molar-refractivity contribution in [1.82, 2.24) is 4.57 Å². The number of nitrogens with zero attached hydrogens (tertiary/aromatic N) is 1. The summed E-state index contributed by atoms with van der Waals surface area (Å²) in [7, 11) is -3.43. The molecule has 0 aliphatic carbocycles. The van der Waals surface area contributed by atoms with Crippen molar-refractivity contribution in [2.45, 2.75) is 26.7 Å². The molecule has 4 nitrogen and oxygen atoms in total. The molecule has 1 aromatic heterocycles. The maximum atomic E-state index is 16.2. The van der Waals surface area contributed by atoms with Crippen molar-refractivity contribution in [3.8, 4) is 62.1 Å². The van der Waals surface area contributed by atoms with Crippen LogP contribution in [0, 0.1) is 0 Å². The van der Waals surface area contributed by atoms with Crippen LogP contribution < -0.4 is 25.4 Å². The maximum absolute atomic E-state index is 16.2. The molecule has 5 heteroatoms. The van der Waals surface area contributed by atoms with Crippen LogP contribution in [0.1, 0.15) is 25.0 Å². The number of hydrogen-bond donors (Lipinski definition) is 0. The molecule has 0 bridgehead atoms. The third kappa shape index (κ3) is 5.11. The molecule has 0 saturated heterocycles. The van der Waals surface area contributed by atoms with E-state index < -0.39 is 7.14 Å². The minimum atomic E-state index is -3.43. The van der Waals surface area contributed by atoms with E-state index in [9.17, 15) is 0 Å². The Morgan fingerprint density at radius 3 is 1.40 bits per heavy atom. The van der Waals surface area contributed by atoms with Crippen LogP contribution in [0.2, 0.25) is 0 Å². The van der Waals surface area contributed by atoms with Crippen molar-refractivity contribution in [3.05, 3.63) is 181 Å². The van der Waals surface area contributed by atoms with Crippen molar-refractivity contribution < 1.29 is 14.0 Å². The Balaban J connectivity index is 1.08. The van der Waals surface area contributed by atoms with Crippen LogP contribution in [0.5, 0.6) is 23.0 Å². The number of rotatable bonds is 6. The molecule has 0 saturated carbocycles. The summed E-state index contributed by atoms with van der Waals surface area (Å²) in [4.78, 5) is 0. The largest absolute Gasteiger partial charge is 0.456 e. The monoisotopic (exact) mass is 755 g/mol. The SMILES string of the molecule is CCc1ccccc1-c1ccc2c(c1)Oc1cc(-c3ccc(-n4c5ccccc5c5ccccc54)cc3)cc3c1P2(=O)c1ccc(-c2ccccc2CC)cc1O3. The first-order valence-corrected chi connectivity index (χ1v) is 21.4. The van der Waals surface area contributed by atoms with Gasteiger partial charge in [-0.1, -0.05) is 123 Å². The van der Waals surface area contributed by atoms with E-state index >= 15 is 4.57 Å². The molecule has 2 aliphatic rings. The quantitative estimate of drug-likeness (QED) is 0.159. The summed E-state index contributed by atoms with van der Waals surface area (Å²) in [6.07, 6.45) is 1.82. The number of aryl methyl sites for hydroxylation is 2. The van der Waals surface area contributed by atoms with Gasteiger partial charge in [0, 0.05) is 16.5 Å². The summed E-state index contributed by atoms with van der Waals surface area (Å²) in [5.41, 5.74) is 12.2. The lowest BCUT2D eigenvalue weighted by atomic mass is 9.98. The second-order valence-electron chi connectivity index (χ2n) is 14.9. The molecule has 0 atom stereocenters. The van der Waals surface area contributed by atoms with Gasteiger partial charge in [0.15, 0.2) is 7.14 Å². The zero-order valence-electron chi connectivity index (χ0n) is 31.7. The number of fused-ring (bicyclic) bond motifs is 7. The lowest BCUT2D eigenvalue weighted by molar-refractivity contribution is 0.462. The van der Waals surface area contributed by atoms with Gasteiger partial charge in [0.1, 0.15) is 28.3 Å². The van der Waals surface area contributed by atoms with Crippen molar-refractivity contribution in [2.24, 2.45) is 0 Å². The first kappa shape index (κ1) is 33.7. The van der Waals surface area contributed by atoms with Crippen LogP contribution in [0.3, 0.4) is 0 Å². The predicted octanol–water partition coefficient (Wildman–Crippen LogP) is 12.8. The van der Waals surface area contributed by atoms with Gasteiger partial charge in [-0.25, -0.2) is 0 Å². The van der Waals surface area contributed by atoms with Crippen LogP contribution in [0.25, 0.3) is 60.9 Å². The first-order valence-electron chi connectivity index (χ1n) is 19.7. The average Bonchev–Trinajstić information content (AvgIpc) is 3.60. The number of ether oxygens (including phenoxy) is 2. The third-order valence-electron chi connectivity index (χ3n) is 11.9. The van der Waals surface area contributed by atoms with E-state index in [1.165, 1.54) is 32.9 Å². The summed E-state index contributed by atoms with van der Waals surface area (Å²) in [6, 6.07) is 59.1. The van der Waals surface area contributed by atoms with E-state index in [0.29, 0.717) is 38.9 Å². The lowest BCUT2D eigenvalue weighted by Crippen LogP contribution is -2.35. The smallest absolute Gasteiger partial charge is 0.185 e. The van der Waals surface area contributed by atoms with Crippen molar-refractivity contribution >= 4 is 44.9 Å². The minimum Gasteiger partial charge on any atom is -0.456 e. The van der Waals surface area contributed by atoms with E-state index in [4.69, 9.17) is 9.47 Å². The van der Waals surface area contributed by atoms with Crippen LogP contribution in [0.15, 0.2) is 170 Å². The number of benzene rings is 8. The van der Waals surface area contributed by atoms with E-state index in [2.05, 4.69) is 164 Å². The Morgan fingerprint density at radius 2 is 0.895 bits per heavy atom. The van der Waals surface area contributed by atoms with Gasteiger partial charge >= 0.3 is 0 Å².